The number of carbonyl (C=O) groups is 2. The molecule has 0 aliphatic rings. The Hall–Kier alpha value is -3.36. The molecule has 1 unspecified atom stereocenters. The summed E-state index contributed by atoms with van der Waals surface area (Å²) in [5.41, 5.74) is 2.67. The smallest absolute Gasteiger partial charge is 0.264 e. The minimum atomic E-state index is -4.14. The maximum Gasteiger partial charge on any atom is 0.264 e. The lowest BCUT2D eigenvalue weighted by molar-refractivity contribution is -0.140. The summed E-state index contributed by atoms with van der Waals surface area (Å²) in [6, 6.07) is 19.9. The van der Waals surface area contributed by atoms with Crippen molar-refractivity contribution in [1.82, 2.24) is 10.2 Å². The molecule has 0 saturated carbocycles. The van der Waals surface area contributed by atoms with Gasteiger partial charge >= 0.3 is 0 Å². The van der Waals surface area contributed by atoms with Gasteiger partial charge in [0.05, 0.1) is 10.6 Å². The van der Waals surface area contributed by atoms with E-state index in [0.29, 0.717) is 22.7 Å². The molecule has 0 spiro atoms. The zero-order valence-electron chi connectivity index (χ0n) is 21.4. The fourth-order valence-electron chi connectivity index (χ4n) is 4.07. The van der Waals surface area contributed by atoms with Crippen LogP contribution in [0.2, 0.25) is 5.02 Å². The standard InChI is InChI=1S/C28H32ClN3O4S/c1-5-25(28(34)30-4)31(18-22-9-7-6-8-10-22)27(33)19-32(26-17-23(29)14-13-21(26)3)37(35,36)24-15-11-20(2)12-16-24/h6-17,25H,5,18-19H2,1-4H3,(H,30,34). The lowest BCUT2D eigenvalue weighted by Gasteiger charge is -2.33. The van der Waals surface area contributed by atoms with Gasteiger partial charge in [-0.3, -0.25) is 13.9 Å². The van der Waals surface area contributed by atoms with Crippen molar-refractivity contribution in [3.63, 3.8) is 0 Å². The number of halogens is 1. The lowest BCUT2D eigenvalue weighted by atomic mass is 10.1. The maximum atomic E-state index is 13.9. The average Bonchev–Trinajstić information content (AvgIpc) is 2.89. The lowest BCUT2D eigenvalue weighted by Crippen LogP contribution is -2.51. The van der Waals surface area contributed by atoms with Crippen LogP contribution in [0.3, 0.4) is 0 Å². The Labute approximate surface area is 224 Å². The molecule has 3 rings (SSSR count). The molecule has 0 heterocycles. The SMILES string of the molecule is CCC(C(=O)NC)N(Cc1ccccc1)C(=O)CN(c1cc(Cl)ccc1C)S(=O)(=O)c1ccc(C)cc1. The molecule has 0 fully saturated rings. The van der Waals surface area contributed by atoms with Crippen LogP contribution in [0.5, 0.6) is 0 Å². The number of likely N-dealkylation sites (N-methyl/N-ethyl adjacent to an activating group) is 1. The Morgan fingerprint density at radius 2 is 1.62 bits per heavy atom. The zero-order valence-corrected chi connectivity index (χ0v) is 23.0. The molecule has 9 heteroatoms. The van der Waals surface area contributed by atoms with E-state index in [1.54, 1.807) is 31.2 Å². The fraction of sp³-hybridized carbons (Fsp3) is 0.286. The molecule has 196 valence electrons. The number of nitrogens with one attached hydrogen (secondary N) is 1. The van der Waals surface area contributed by atoms with Crippen molar-refractivity contribution in [3.05, 3.63) is 94.5 Å². The van der Waals surface area contributed by atoms with Gasteiger partial charge in [0.15, 0.2) is 0 Å². The van der Waals surface area contributed by atoms with E-state index in [9.17, 15) is 18.0 Å². The molecular weight excluding hydrogens is 510 g/mol. The number of sulfonamides is 1. The van der Waals surface area contributed by atoms with Gasteiger partial charge in [-0.15, -0.1) is 0 Å². The van der Waals surface area contributed by atoms with Crippen molar-refractivity contribution in [2.45, 2.75) is 44.7 Å². The van der Waals surface area contributed by atoms with E-state index in [2.05, 4.69) is 5.32 Å². The van der Waals surface area contributed by atoms with Crippen LogP contribution in [0.4, 0.5) is 5.69 Å². The van der Waals surface area contributed by atoms with E-state index < -0.39 is 28.5 Å². The van der Waals surface area contributed by atoms with Gasteiger partial charge in [-0.05, 0) is 55.7 Å². The van der Waals surface area contributed by atoms with E-state index in [1.807, 2.05) is 44.2 Å². The van der Waals surface area contributed by atoms with Crippen molar-refractivity contribution in [2.24, 2.45) is 0 Å². The van der Waals surface area contributed by atoms with Crippen LogP contribution >= 0.6 is 11.6 Å². The van der Waals surface area contributed by atoms with Gasteiger partial charge in [0.1, 0.15) is 12.6 Å². The summed E-state index contributed by atoms with van der Waals surface area (Å²) in [7, 11) is -2.63. The minimum absolute atomic E-state index is 0.0539. The summed E-state index contributed by atoms with van der Waals surface area (Å²) in [5, 5.41) is 2.96. The number of nitrogens with zero attached hydrogens (tertiary/aromatic N) is 2. The van der Waals surface area contributed by atoms with Gasteiger partial charge in [-0.25, -0.2) is 8.42 Å². The summed E-state index contributed by atoms with van der Waals surface area (Å²) < 4.78 is 28.9. The first-order valence-electron chi connectivity index (χ1n) is 12.0. The third kappa shape index (κ3) is 6.70. The second-order valence-electron chi connectivity index (χ2n) is 8.80. The monoisotopic (exact) mass is 541 g/mol. The second-order valence-corrected chi connectivity index (χ2v) is 11.1. The molecule has 0 radical (unpaired) electrons. The molecule has 2 amide bonds. The second kappa shape index (κ2) is 12.3. The van der Waals surface area contributed by atoms with Crippen molar-refractivity contribution >= 4 is 39.1 Å². The van der Waals surface area contributed by atoms with Gasteiger partial charge in [-0.2, -0.15) is 0 Å². The highest BCUT2D eigenvalue weighted by molar-refractivity contribution is 7.92. The maximum absolute atomic E-state index is 13.9. The van der Waals surface area contributed by atoms with Gasteiger partial charge in [0, 0.05) is 18.6 Å². The molecule has 0 saturated heterocycles. The van der Waals surface area contributed by atoms with E-state index in [4.69, 9.17) is 11.6 Å². The average molecular weight is 542 g/mol. The third-order valence-electron chi connectivity index (χ3n) is 6.16. The minimum Gasteiger partial charge on any atom is -0.357 e. The highest BCUT2D eigenvalue weighted by Gasteiger charge is 2.34. The summed E-state index contributed by atoms with van der Waals surface area (Å²) in [6.07, 6.45) is 0.360. The molecule has 1 atom stereocenters. The topological polar surface area (TPSA) is 86.8 Å². The predicted molar refractivity (Wildman–Crippen MR) is 147 cm³/mol. The molecule has 0 aliphatic heterocycles. The number of rotatable bonds is 10. The number of amides is 2. The van der Waals surface area contributed by atoms with Gasteiger partial charge in [0.2, 0.25) is 11.8 Å². The summed E-state index contributed by atoms with van der Waals surface area (Å²) >= 11 is 6.25. The first-order valence-corrected chi connectivity index (χ1v) is 13.8. The van der Waals surface area contributed by atoms with Gasteiger partial charge < -0.3 is 10.2 Å². The fourth-order valence-corrected chi connectivity index (χ4v) is 5.71. The first-order chi connectivity index (χ1) is 17.6. The number of aryl methyl sites for hydroxylation is 2. The van der Waals surface area contributed by atoms with Crippen molar-refractivity contribution < 1.29 is 18.0 Å². The molecule has 3 aromatic rings. The highest BCUT2D eigenvalue weighted by Crippen LogP contribution is 2.30. The largest absolute Gasteiger partial charge is 0.357 e. The summed E-state index contributed by atoms with van der Waals surface area (Å²) in [4.78, 5) is 28.1. The molecule has 0 bridgehead atoms. The third-order valence-corrected chi connectivity index (χ3v) is 8.16. The van der Waals surface area contributed by atoms with E-state index in [-0.39, 0.29) is 17.3 Å². The molecule has 37 heavy (non-hydrogen) atoms. The van der Waals surface area contributed by atoms with Crippen LogP contribution in [0.15, 0.2) is 77.7 Å². The van der Waals surface area contributed by atoms with Crippen LogP contribution in [0.1, 0.15) is 30.0 Å². The summed E-state index contributed by atoms with van der Waals surface area (Å²) in [5.74, 6) is -0.826. The molecule has 0 aliphatic carbocycles. The van der Waals surface area contributed by atoms with Gasteiger partial charge in [0.25, 0.3) is 10.0 Å². The number of benzene rings is 3. The predicted octanol–water partition coefficient (Wildman–Crippen LogP) is 4.71. The van der Waals surface area contributed by atoms with Crippen LogP contribution in [0, 0.1) is 13.8 Å². The van der Waals surface area contributed by atoms with E-state index >= 15 is 0 Å². The van der Waals surface area contributed by atoms with Crippen LogP contribution in [0.25, 0.3) is 0 Å². The molecule has 3 aromatic carbocycles. The van der Waals surface area contributed by atoms with Crippen molar-refractivity contribution in [3.8, 4) is 0 Å². The number of hydrogen-bond acceptors (Lipinski definition) is 4. The van der Waals surface area contributed by atoms with Crippen LogP contribution in [-0.4, -0.2) is 44.8 Å². The number of carbonyl (C=O) groups excluding carboxylic acids is 2. The number of anilines is 1. The quantitative estimate of drug-likeness (QED) is 0.403. The van der Waals surface area contributed by atoms with E-state index in [1.165, 1.54) is 30.1 Å². The molecule has 1 N–H and O–H groups in total. The van der Waals surface area contributed by atoms with Crippen molar-refractivity contribution in [1.29, 1.82) is 0 Å². The Morgan fingerprint density at radius 3 is 2.22 bits per heavy atom. The Balaban J connectivity index is 2.10. The van der Waals surface area contributed by atoms with E-state index in [0.717, 1.165) is 15.4 Å². The molecular formula is C28H32ClN3O4S. The Morgan fingerprint density at radius 1 is 0.973 bits per heavy atom. The number of hydrogen-bond donors (Lipinski definition) is 1. The molecule has 0 aromatic heterocycles. The van der Waals surface area contributed by atoms with Crippen LogP contribution in [-0.2, 0) is 26.2 Å². The first kappa shape index (κ1) is 28.2. The Bertz CT molecular complexity index is 1350. The molecule has 7 nitrogen and oxygen atoms in total. The normalized spacial score (nSPS) is 12.0. The van der Waals surface area contributed by atoms with Crippen molar-refractivity contribution in [2.75, 3.05) is 17.9 Å². The van der Waals surface area contributed by atoms with Gasteiger partial charge in [-0.1, -0.05) is 72.6 Å². The van der Waals surface area contributed by atoms with Crippen LogP contribution < -0.4 is 9.62 Å². The summed E-state index contributed by atoms with van der Waals surface area (Å²) in [6.45, 7) is 5.09. The highest BCUT2D eigenvalue weighted by atomic mass is 35.5. The Kier molecular flexibility index (Phi) is 9.34. The zero-order chi connectivity index (χ0) is 27.2.